The number of rotatable bonds is 3. The van der Waals surface area contributed by atoms with Crippen molar-refractivity contribution in [3.63, 3.8) is 0 Å². The fourth-order valence-electron chi connectivity index (χ4n) is 2.63. The SMILES string of the molecule is COCC1=CCN(C(=O)c2c[nH]c3ccccc23)CC1. The number of hydrogen-bond acceptors (Lipinski definition) is 2. The highest BCUT2D eigenvalue weighted by Gasteiger charge is 2.20. The smallest absolute Gasteiger partial charge is 0.256 e. The second kappa shape index (κ2) is 5.51. The van der Waals surface area contributed by atoms with Gasteiger partial charge in [-0.25, -0.2) is 0 Å². The number of hydrogen-bond donors (Lipinski definition) is 1. The van der Waals surface area contributed by atoms with Crippen molar-refractivity contribution in [1.29, 1.82) is 0 Å². The van der Waals surface area contributed by atoms with Gasteiger partial charge in [0.05, 0.1) is 12.2 Å². The second-order valence-corrected chi connectivity index (χ2v) is 5.04. The maximum Gasteiger partial charge on any atom is 0.256 e. The zero-order chi connectivity index (χ0) is 13.9. The third-order valence-electron chi connectivity index (χ3n) is 3.74. The largest absolute Gasteiger partial charge is 0.380 e. The molecule has 0 spiro atoms. The molecule has 0 radical (unpaired) electrons. The predicted molar refractivity (Wildman–Crippen MR) is 78.8 cm³/mol. The highest BCUT2D eigenvalue weighted by Crippen LogP contribution is 2.21. The average molecular weight is 270 g/mol. The Balaban J connectivity index is 1.80. The van der Waals surface area contributed by atoms with Gasteiger partial charge in [0.25, 0.3) is 5.91 Å². The number of benzene rings is 1. The molecule has 0 unspecified atom stereocenters. The minimum atomic E-state index is 0.0927. The fourth-order valence-corrected chi connectivity index (χ4v) is 2.63. The molecule has 104 valence electrons. The van der Waals surface area contributed by atoms with Gasteiger partial charge >= 0.3 is 0 Å². The maximum atomic E-state index is 12.6. The number of aromatic nitrogens is 1. The number of carbonyl (C=O) groups is 1. The van der Waals surface area contributed by atoms with E-state index in [9.17, 15) is 4.79 Å². The van der Waals surface area contributed by atoms with Gasteiger partial charge in [-0.2, -0.15) is 0 Å². The molecule has 0 fully saturated rings. The van der Waals surface area contributed by atoms with Crippen LogP contribution in [0.2, 0.25) is 0 Å². The molecule has 0 saturated heterocycles. The van der Waals surface area contributed by atoms with Crippen molar-refractivity contribution in [2.45, 2.75) is 6.42 Å². The van der Waals surface area contributed by atoms with Crippen molar-refractivity contribution in [2.24, 2.45) is 0 Å². The van der Waals surface area contributed by atoms with Gasteiger partial charge in [-0.1, -0.05) is 24.3 Å². The molecule has 1 aromatic carbocycles. The van der Waals surface area contributed by atoms with E-state index in [1.807, 2.05) is 29.2 Å². The third-order valence-corrected chi connectivity index (χ3v) is 3.74. The Kier molecular flexibility index (Phi) is 3.56. The van der Waals surface area contributed by atoms with Crippen LogP contribution in [-0.4, -0.2) is 42.6 Å². The Labute approximate surface area is 118 Å². The first-order valence-corrected chi connectivity index (χ1v) is 6.82. The molecule has 1 amide bonds. The minimum absolute atomic E-state index is 0.0927. The summed E-state index contributed by atoms with van der Waals surface area (Å²) in [6.07, 6.45) is 4.79. The van der Waals surface area contributed by atoms with Gasteiger partial charge in [0.15, 0.2) is 0 Å². The lowest BCUT2D eigenvalue weighted by Gasteiger charge is -2.26. The normalized spacial score (nSPS) is 15.4. The molecular formula is C16H18N2O2. The predicted octanol–water partition coefficient (Wildman–Crippen LogP) is 2.59. The topological polar surface area (TPSA) is 45.3 Å². The Bertz CT molecular complexity index is 657. The molecule has 0 bridgehead atoms. The van der Waals surface area contributed by atoms with Crippen molar-refractivity contribution in [3.05, 3.63) is 47.7 Å². The number of methoxy groups -OCH3 is 1. The Morgan fingerprint density at radius 1 is 1.40 bits per heavy atom. The lowest BCUT2D eigenvalue weighted by molar-refractivity contribution is 0.0767. The fraction of sp³-hybridized carbons (Fsp3) is 0.312. The maximum absolute atomic E-state index is 12.6. The van der Waals surface area contributed by atoms with E-state index in [4.69, 9.17) is 4.74 Å². The Hall–Kier alpha value is -2.07. The van der Waals surface area contributed by atoms with Crippen LogP contribution in [0.15, 0.2) is 42.1 Å². The standard InChI is InChI=1S/C16H18N2O2/c1-20-11-12-6-8-18(9-7-12)16(19)14-10-17-15-5-3-2-4-13(14)15/h2-6,10,17H,7-9,11H2,1H3. The summed E-state index contributed by atoms with van der Waals surface area (Å²) in [4.78, 5) is 17.6. The van der Waals surface area contributed by atoms with Crippen LogP contribution in [0.3, 0.4) is 0 Å². The second-order valence-electron chi connectivity index (χ2n) is 5.04. The van der Waals surface area contributed by atoms with E-state index in [-0.39, 0.29) is 5.91 Å². The molecule has 1 N–H and O–H groups in total. The minimum Gasteiger partial charge on any atom is -0.380 e. The van der Waals surface area contributed by atoms with Crippen molar-refractivity contribution < 1.29 is 9.53 Å². The molecule has 1 aromatic heterocycles. The van der Waals surface area contributed by atoms with Gasteiger partial charge in [-0.15, -0.1) is 0 Å². The third kappa shape index (κ3) is 2.34. The van der Waals surface area contributed by atoms with Gasteiger partial charge < -0.3 is 14.6 Å². The summed E-state index contributed by atoms with van der Waals surface area (Å²) in [5.41, 5.74) is 3.03. The van der Waals surface area contributed by atoms with Crippen LogP contribution in [-0.2, 0) is 4.74 Å². The van der Waals surface area contributed by atoms with Crippen LogP contribution in [0.5, 0.6) is 0 Å². The number of nitrogens with zero attached hydrogens (tertiary/aromatic N) is 1. The van der Waals surface area contributed by atoms with Crippen LogP contribution < -0.4 is 0 Å². The first kappa shape index (κ1) is 12.9. The summed E-state index contributed by atoms with van der Waals surface area (Å²) in [7, 11) is 1.70. The summed E-state index contributed by atoms with van der Waals surface area (Å²) in [6.45, 7) is 2.08. The van der Waals surface area contributed by atoms with Gasteiger partial charge in [0, 0.05) is 37.3 Å². The molecule has 0 saturated carbocycles. The number of ether oxygens (including phenoxy) is 1. The molecule has 3 rings (SSSR count). The van der Waals surface area contributed by atoms with E-state index in [2.05, 4.69) is 11.1 Å². The van der Waals surface area contributed by atoms with Gasteiger partial charge in [-0.05, 0) is 18.1 Å². The molecule has 2 heterocycles. The first-order valence-electron chi connectivity index (χ1n) is 6.82. The van der Waals surface area contributed by atoms with Gasteiger partial charge in [0.2, 0.25) is 0 Å². The van der Waals surface area contributed by atoms with Crippen LogP contribution in [0, 0.1) is 0 Å². The molecule has 0 aliphatic carbocycles. The van der Waals surface area contributed by atoms with E-state index in [1.165, 1.54) is 5.57 Å². The summed E-state index contributed by atoms with van der Waals surface area (Å²) < 4.78 is 5.13. The molecule has 0 atom stereocenters. The molecular weight excluding hydrogens is 252 g/mol. The Morgan fingerprint density at radius 2 is 2.25 bits per heavy atom. The van der Waals surface area contributed by atoms with Crippen LogP contribution >= 0.6 is 0 Å². The monoisotopic (exact) mass is 270 g/mol. The molecule has 1 aliphatic rings. The van der Waals surface area contributed by atoms with Crippen molar-refractivity contribution >= 4 is 16.8 Å². The van der Waals surface area contributed by atoms with Gasteiger partial charge in [0.1, 0.15) is 0 Å². The highest BCUT2D eigenvalue weighted by atomic mass is 16.5. The molecule has 2 aromatic rings. The van der Waals surface area contributed by atoms with E-state index in [0.717, 1.165) is 29.4 Å². The van der Waals surface area contributed by atoms with E-state index < -0.39 is 0 Å². The summed E-state index contributed by atoms with van der Waals surface area (Å²) in [6, 6.07) is 7.89. The first-order chi connectivity index (χ1) is 9.79. The zero-order valence-corrected chi connectivity index (χ0v) is 11.6. The van der Waals surface area contributed by atoms with Crippen LogP contribution in [0.1, 0.15) is 16.8 Å². The highest BCUT2D eigenvalue weighted by molar-refractivity contribution is 6.06. The number of H-pyrrole nitrogens is 1. The zero-order valence-electron chi connectivity index (χ0n) is 11.6. The number of aromatic amines is 1. The van der Waals surface area contributed by atoms with Gasteiger partial charge in [-0.3, -0.25) is 4.79 Å². The lowest BCUT2D eigenvalue weighted by atomic mass is 10.1. The number of nitrogens with one attached hydrogen (secondary N) is 1. The van der Waals surface area contributed by atoms with Crippen molar-refractivity contribution in [3.8, 4) is 0 Å². The van der Waals surface area contributed by atoms with Crippen molar-refractivity contribution in [2.75, 3.05) is 26.8 Å². The quantitative estimate of drug-likeness (QED) is 0.871. The summed E-state index contributed by atoms with van der Waals surface area (Å²) in [5.74, 6) is 0.0927. The van der Waals surface area contributed by atoms with Crippen LogP contribution in [0.4, 0.5) is 0 Å². The molecule has 20 heavy (non-hydrogen) atoms. The average Bonchev–Trinajstić information content (AvgIpc) is 2.92. The van der Waals surface area contributed by atoms with E-state index >= 15 is 0 Å². The molecule has 1 aliphatic heterocycles. The molecule has 4 heteroatoms. The van der Waals surface area contributed by atoms with E-state index in [0.29, 0.717) is 13.2 Å². The summed E-state index contributed by atoms with van der Waals surface area (Å²) >= 11 is 0. The Morgan fingerprint density at radius 3 is 3.00 bits per heavy atom. The van der Waals surface area contributed by atoms with Crippen LogP contribution in [0.25, 0.3) is 10.9 Å². The summed E-state index contributed by atoms with van der Waals surface area (Å²) in [5, 5.41) is 0.990. The number of para-hydroxylation sites is 1. The number of amides is 1. The molecule has 4 nitrogen and oxygen atoms in total. The number of carbonyl (C=O) groups excluding carboxylic acids is 1. The number of fused-ring (bicyclic) bond motifs is 1. The lowest BCUT2D eigenvalue weighted by Crippen LogP contribution is -2.35. The van der Waals surface area contributed by atoms with Crippen molar-refractivity contribution in [1.82, 2.24) is 9.88 Å². The van der Waals surface area contributed by atoms with E-state index in [1.54, 1.807) is 13.3 Å².